The van der Waals surface area contributed by atoms with E-state index in [-0.39, 0.29) is 0 Å². The standard InChI is InChI=1S/C25H33N3O.C9H9.ClH.Pd/c1-19(2)21-8-7-9-22(20(3)4)25(21)28-13-12-27(18-28)24-11-6-5-10-23(24)26-14-16-29-17-15-26;1-2-6-9-7-4-3-5-8-9;;/h5-11,19-20H,12-17H2,1-4H3;2-8H,1H2;1H;/q;;;+2/p-1. The minimum atomic E-state index is 0.486. The molecule has 4 nitrogen and oxygen atoms in total. The fourth-order valence-corrected chi connectivity index (χ4v) is 5.07. The van der Waals surface area contributed by atoms with Gasteiger partial charge >= 0.3 is 27.7 Å². The summed E-state index contributed by atoms with van der Waals surface area (Å²) in [4.78, 5) is 7.08. The van der Waals surface area contributed by atoms with Crippen molar-refractivity contribution in [3.05, 3.63) is 116 Å². The van der Waals surface area contributed by atoms with Gasteiger partial charge in [0.25, 0.3) is 0 Å². The van der Waals surface area contributed by atoms with E-state index in [0.29, 0.717) is 11.8 Å². The molecule has 0 bridgehead atoms. The maximum atomic E-state index is 5.55. The Kier molecular flexibility index (Phi) is 13.8. The molecule has 0 aromatic heterocycles. The van der Waals surface area contributed by atoms with Crippen LogP contribution in [0.25, 0.3) is 0 Å². The van der Waals surface area contributed by atoms with Crippen LogP contribution in [0.3, 0.4) is 0 Å². The van der Waals surface area contributed by atoms with Gasteiger partial charge in [0.05, 0.1) is 24.6 Å². The van der Waals surface area contributed by atoms with Crippen molar-refractivity contribution in [1.29, 1.82) is 0 Å². The average Bonchev–Trinajstić information content (AvgIpc) is 3.49. The summed E-state index contributed by atoms with van der Waals surface area (Å²) in [5.74, 6) is 0.973. The number of rotatable bonds is 7. The molecular formula is C34H42ClN3OPd+. The van der Waals surface area contributed by atoms with E-state index in [1.54, 1.807) is 6.42 Å². The van der Waals surface area contributed by atoms with Gasteiger partial charge in [-0.15, -0.1) is 0 Å². The Labute approximate surface area is 258 Å². The number of para-hydroxylation sites is 3. The van der Waals surface area contributed by atoms with Gasteiger partial charge in [0.15, 0.2) is 0 Å². The van der Waals surface area contributed by atoms with Crippen molar-refractivity contribution in [2.24, 2.45) is 0 Å². The summed E-state index contributed by atoms with van der Waals surface area (Å²) in [6.07, 6.45) is 3.76. The molecule has 5 rings (SSSR count). The molecule has 2 aliphatic rings. The van der Waals surface area contributed by atoms with Crippen LogP contribution in [0.5, 0.6) is 0 Å². The van der Waals surface area contributed by atoms with Crippen LogP contribution in [0.15, 0.2) is 72.8 Å². The Bertz CT molecular complexity index is 1110. The fourth-order valence-electron chi connectivity index (χ4n) is 5.07. The summed E-state index contributed by atoms with van der Waals surface area (Å²) < 4.78 is 5.55. The number of hydrogen-bond donors (Lipinski definition) is 0. The Hall–Kier alpha value is -2.03. The number of nitrogens with zero attached hydrogens (tertiary/aromatic N) is 3. The Balaban J connectivity index is 0.000000339. The van der Waals surface area contributed by atoms with Crippen LogP contribution in [0.2, 0.25) is 0 Å². The molecule has 2 fully saturated rings. The van der Waals surface area contributed by atoms with Crippen molar-refractivity contribution in [3.63, 3.8) is 0 Å². The van der Waals surface area contributed by atoms with Gasteiger partial charge in [-0.25, -0.2) is 0 Å². The van der Waals surface area contributed by atoms with Gasteiger partial charge in [0.1, 0.15) is 0 Å². The summed E-state index contributed by atoms with van der Waals surface area (Å²) in [6, 6.07) is 25.6. The molecule has 6 heteroatoms. The van der Waals surface area contributed by atoms with Gasteiger partial charge in [-0.05, 0) is 60.4 Å². The topological polar surface area (TPSA) is 19.0 Å². The summed E-state index contributed by atoms with van der Waals surface area (Å²) in [7, 11) is 4.49. The van der Waals surface area contributed by atoms with E-state index in [2.05, 4.69) is 126 Å². The third kappa shape index (κ3) is 8.73. The first-order valence-corrected chi connectivity index (χ1v) is 16.0. The molecule has 2 heterocycles. The van der Waals surface area contributed by atoms with Crippen LogP contribution in [-0.2, 0) is 22.9 Å². The van der Waals surface area contributed by atoms with E-state index in [4.69, 9.17) is 4.74 Å². The zero-order valence-electron chi connectivity index (χ0n) is 24.1. The minimum absolute atomic E-state index is 0.486. The molecule has 40 heavy (non-hydrogen) atoms. The number of anilines is 3. The molecule has 0 spiro atoms. The second-order valence-corrected chi connectivity index (χ2v) is 10.4. The molecule has 0 N–H and O–H groups in total. The molecule has 0 aliphatic carbocycles. The third-order valence-electron chi connectivity index (χ3n) is 7.04. The zero-order valence-corrected chi connectivity index (χ0v) is 26.4. The molecule has 0 unspecified atom stereocenters. The van der Waals surface area contributed by atoms with E-state index < -0.39 is 0 Å². The predicted molar refractivity (Wildman–Crippen MR) is 167 cm³/mol. The Morgan fingerprint density at radius 2 is 1.30 bits per heavy atom. The van der Waals surface area contributed by atoms with E-state index in [1.807, 2.05) is 36.8 Å². The predicted octanol–water partition coefficient (Wildman–Crippen LogP) is 8.06. The average molecular weight is 651 g/mol. The second-order valence-electron chi connectivity index (χ2n) is 10.4. The van der Waals surface area contributed by atoms with Gasteiger partial charge in [-0.3, -0.25) is 0 Å². The Morgan fingerprint density at radius 3 is 1.88 bits per heavy atom. The van der Waals surface area contributed by atoms with Crippen LogP contribution in [0, 0.1) is 26.4 Å². The van der Waals surface area contributed by atoms with Crippen LogP contribution >= 0.6 is 9.53 Å². The summed E-state index contributed by atoms with van der Waals surface area (Å²) in [5.41, 5.74) is 7.90. The molecule has 215 valence electrons. The SMILES string of the molecule is CC(C)c1cccc(C(C)C)c1N1[C]N(c2ccccc2N2CCOCC2)CC1.[CH2][CH][CH]c1ccccc1.[Cl][Pd+]. The number of benzene rings is 3. The van der Waals surface area contributed by atoms with Gasteiger partial charge < -0.3 is 19.4 Å². The molecule has 0 atom stereocenters. The maximum absolute atomic E-state index is 5.55. The van der Waals surface area contributed by atoms with Crippen LogP contribution in [0.1, 0.15) is 56.2 Å². The number of morpholine rings is 1. The fraction of sp³-hybridized carbons (Fsp3) is 0.353. The van der Waals surface area contributed by atoms with Gasteiger partial charge in [0, 0.05) is 31.9 Å². The van der Waals surface area contributed by atoms with E-state index in [0.717, 1.165) is 39.4 Å². The molecule has 2 saturated heterocycles. The first-order chi connectivity index (χ1) is 19.5. The number of ether oxygens (including phenoxy) is 1. The van der Waals surface area contributed by atoms with Gasteiger partial charge in [0.2, 0.25) is 6.67 Å². The molecule has 0 saturated carbocycles. The van der Waals surface area contributed by atoms with Crippen LogP contribution in [-0.4, -0.2) is 39.4 Å². The molecular weight excluding hydrogens is 608 g/mol. The molecule has 2 aliphatic heterocycles. The van der Waals surface area contributed by atoms with Crippen molar-refractivity contribution >= 4 is 26.6 Å². The van der Waals surface area contributed by atoms with Crippen molar-refractivity contribution in [3.8, 4) is 0 Å². The molecule has 3 aromatic carbocycles. The molecule has 3 aromatic rings. The number of hydrogen-bond acceptors (Lipinski definition) is 4. The quantitative estimate of drug-likeness (QED) is 0.241. The normalized spacial score (nSPS) is 15.1. The molecule has 0 amide bonds. The van der Waals surface area contributed by atoms with E-state index >= 15 is 0 Å². The number of halogens is 1. The summed E-state index contributed by atoms with van der Waals surface area (Å²) >= 11 is 2.22. The van der Waals surface area contributed by atoms with Crippen LogP contribution in [0.4, 0.5) is 17.1 Å². The van der Waals surface area contributed by atoms with Crippen molar-refractivity contribution < 1.29 is 22.9 Å². The summed E-state index contributed by atoms with van der Waals surface area (Å²) in [5, 5.41) is 0. The second kappa shape index (κ2) is 17.0. The molecule has 5 radical (unpaired) electrons. The first kappa shape index (κ1) is 32.5. The van der Waals surface area contributed by atoms with Gasteiger partial charge in [-0.2, -0.15) is 0 Å². The van der Waals surface area contributed by atoms with Crippen molar-refractivity contribution in [2.45, 2.75) is 39.5 Å². The van der Waals surface area contributed by atoms with Crippen molar-refractivity contribution in [2.75, 3.05) is 54.1 Å². The van der Waals surface area contributed by atoms with E-state index in [9.17, 15) is 0 Å². The van der Waals surface area contributed by atoms with E-state index in [1.165, 1.54) is 33.8 Å². The van der Waals surface area contributed by atoms with Gasteiger partial charge in [-0.1, -0.05) is 88.4 Å². The zero-order chi connectivity index (χ0) is 28.9. The Morgan fingerprint density at radius 1 is 0.750 bits per heavy atom. The van der Waals surface area contributed by atoms with Crippen LogP contribution < -0.4 is 14.7 Å². The third-order valence-corrected chi connectivity index (χ3v) is 7.04. The monoisotopic (exact) mass is 649 g/mol. The summed E-state index contributed by atoms with van der Waals surface area (Å²) in [6.45, 7) is 21.8. The van der Waals surface area contributed by atoms with Crippen molar-refractivity contribution in [1.82, 2.24) is 0 Å². The first-order valence-electron chi connectivity index (χ1n) is 14.0.